The Balaban J connectivity index is 1.00. The molecule has 260 valence electrons. The first-order valence-corrected chi connectivity index (χ1v) is 17.3. The second-order valence-electron chi connectivity index (χ2n) is 12.2. The van der Waals surface area contributed by atoms with Gasteiger partial charge in [-0.15, -0.1) is 0 Å². The van der Waals surface area contributed by atoms with Gasteiger partial charge in [0.25, 0.3) is 0 Å². The molecule has 1 aromatic heterocycles. The van der Waals surface area contributed by atoms with Crippen molar-refractivity contribution in [1.29, 1.82) is 5.41 Å². The van der Waals surface area contributed by atoms with Gasteiger partial charge >= 0.3 is 5.69 Å². The van der Waals surface area contributed by atoms with Gasteiger partial charge < -0.3 is 29.3 Å². The zero-order valence-corrected chi connectivity index (χ0v) is 29.2. The van der Waals surface area contributed by atoms with E-state index >= 15 is 0 Å². The minimum atomic E-state index is -1.12. The number of hydrogen-bond donors (Lipinski definition) is 3. The lowest BCUT2D eigenvalue weighted by atomic mass is 10.1. The van der Waals surface area contributed by atoms with E-state index in [1.54, 1.807) is 23.0 Å². The third kappa shape index (κ3) is 7.89. The highest BCUT2D eigenvalue weighted by atomic mass is 35.5. The Bertz CT molecular complexity index is 1760. The molecule has 12 nitrogen and oxygen atoms in total. The molecule has 2 fully saturated rings. The van der Waals surface area contributed by atoms with Gasteiger partial charge in [0.05, 0.1) is 42.9 Å². The smallest absolute Gasteiger partial charge is 0.350 e. The van der Waals surface area contributed by atoms with Crippen LogP contribution in [0.2, 0.25) is 10.0 Å². The van der Waals surface area contributed by atoms with E-state index in [2.05, 4.69) is 49.8 Å². The fraction of sp³-hybridized carbons (Fsp3) is 0.400. The van der Waals surface area contributed by atoms with Crippen LogP contribution in [0.15, 0.2) is 77.9 Å². The van der Waals surface area contributed by atoms with Crippen molar-refractivity contribution in [3.63, 3.8) is 0 Å². The van der Waals surface area contributed by atoms with E-state index in [0.29, 0.717) is 42.0 Å². The quantitative estimate of drug-likeness (QED) is 0.0717. The largest absolute Gasteiger partial charge is 0.491 e. The van der Waals surface area contributed by atoms with Crippen LogP contribution in [0, 0.1) is 5.41 Å². The van der Waals surface area contributed by atoms with E-state index in [-0.39, 0.29) is 17.8 Å². The number of anilines is 2. The molecule has 2 aliphatic heterocycles. The lowest BCUT2D eigenvalue weighted by Crippen LogP contribution is -2.46. The molecular formula is C35H42Cl2N8O4. The normalized spacial score (nSPS) is 20.0. The number of nitrogens with one attached hydrogen (secondary N) is 3. The Labute approximate surface area is 296 Å². The summed E-state index contributed by atoms with van der Waals surface area (Å²) >= 11 is 12.7. The van der Waals surface area contributed by atoms with Gasteiger partial charge in [0.2, 0.25) is 5.79 Å². The Morgan fingerprint density at radius 1 is 1.02 bits per heavy atom. The molecule has 2 aliphatic rings. The first-order valence-electron chi connectivity index (χ1n) is 16.5. The summed E-state index contributed by atoms with van der Waals surface area (Å²) in [6.45, 7) is 8.89. The molecule has 6 rings (SSSR count). The van der Waals surface area contributed by atoms with Crippen LogP contribution in [0.5, 0.6) is 5.75 Å². The summed E-state index contributed by atoms with van der Waals surface area (Å²) in [5.74, 6) is -0.375. The van der Waals surface area contributed by atoms with Crippen molar-refractivity contribution < 1.29 is 14.2 Å². The van der Waals surface area contributed by atoms with Gasteiger partial charge in [0.15, 0.2) is 0 Å². The van der Waals surface area contributed by atoms with Crippen LogP contribution in [0.3, 0.4) is 0 Å². The minimum Gasteiger partial charge on any atom is -0.491 e. The lowest BCUT2D eigenvalue weighted by molar-refractivity contribution is -0.175. The monoisotopic (exact) mass is 708 g/mol. The van der Waals surface area contributed by atoms with Gasteiger partial charge in [0, 0.05) is 48.1 Å². The maximum Gasteiger partial charge on any atom is 0.350 e. The second-order valence-corrected chi connectivity index (χ2v) is 13.0. The molecule has 3 N–H and O–H groups in total. The van der Waals surface area contributed by atoms with Crippen LogP contribution in [-0.4, -0.2) is 79.4 Å². The second kappa shape index (κ2) is 15.6. The SMILES string of the molecule is CCC(C)n1ncn(-c2ccc(N3CCN(c4ccc(OCC5CO[C@](CNCNC=N)(c6ccc(Cl)cc6Cl)O5)cc4)CC3)cc2)c1=O. The number of hydrogen-bond acceptors (Lipinski definition) is 9. The molecule has 4 aromatic rings. The predicted octanol–water partition coefficient (Wildman–Crippen LogP) is 5.03. The summed E-state index contributed by atoms with van der Waals surface area (Å²) in [5.41, 5.74) is 3.64. The maximum absolute atomic E-state index is 12.8. The van der Waals surface area contributed by atoms with Crippen LogP contribution < -0.4 is 30.9 Å². The molecule has 2 saturated heterocycles. The van der Waals surface area contributed by atoms with Crippen molar-refractivity contribution in [3.8, 4) is 11.4 Å². The third-order valence-electron chi connectivity index (χ3n) is 9.00. The molecule has 14 heteroatoms. The summed E-state index contributed by atoms with van der Waals surface area (Å²) in [5, 5.41) is 18.5. The number of nitrogens with zero attached hydrogens (tertiary/aromatic N) is 5. The van der Waals surface area contributed by atoms with Gasteiger partial charge in [-0.3, -0.25) is 10.7 Å². The van der Waals surface area contributed by atoms with Gasteiger partial charge in [0.1, 0.15) is 24.8 Å². The van der Waals surface area contributed by atoms with E-state index in [1.807, 2.05) is 44.2 Å². The van der Waals surface area contributed by atoms with Crippen molar-refractivity contribution in [3.05, 3.63) is 99.2 Å². The van der Waals surface area contributed by atoms with Crippen LogP contribution in [0.4, 0.5) is 11.4 Å². The molecule has 3 atom stereocenters. The van der Waals surface area contributed by atoms with Crippen LogP contribution in [0.25, 0.3) is 5.69 Å². The van der Waals surface area contributed by atoms with E-state index < -0.39 is 5.79 Å². The first-order chi connectivity index (χ1) is 23.8. The van der Waals surface area contributed by atoms with E-state index in [0.717, 1.165) is 61.8 Å². The summed E-state index contributed by atoms with van der Waals surface area (Å²) < 4.78 is 21.9. The van der Waals surface area contributed by atoms with Crippen molar-refractivity contribution in [2.24, 2.45) is 0 Å². The van der Waals surface area contributed by atoms with Gasteiger partial charge in [-0.2, -0.15) is 5.10 Å². The molecule has 0 amide bonds. The van der Waals surface area contributed by atoms with Crippen molar-refractivity contribution in [1.82, 2.24) is 25.0 Å². The van der Waals surface area contributed by atoms with Gasteiger partial charge in [-0.05, 0) is 74.0 Å². The highest BCUT2D eigenvalue weighted by Gasteiger charge is 2.44. The van der Waals surface area contributed by atoms with Crippen molar-refractivity contribution in [2.45, 2.75) is 38.2 Å². The standard InChI is InChI=1S/C35H42Cl2N8O4/c1-3-25(2)45-34(46)44(24-41-45)29-7-5-27(6-8-29)42-14-16-43(17-15-42)28-9-11-30(12-10-28)47-19-31-20-48-35(49-31,21-39-23-40-22-38)32-13-4-26(36)18-33(32)37/h4-13,18,22,24-25,31,39H,3,14-17,19-21,23H2,1-2H3,(H2,38,40)/t25?,31?,35-/m0/s1. The van der Waals surface area contributed by atoms with E-state index in [9.17, 15) is 4.79 Å². The minimum absolute atomic E-state index is 0.0631. The average Bonchev–Trinajstić information content (AvgIpc) is 3.73. The molecule has 49 heavy (non-hydrogen) atoms. The fourth-order valence-electron chi connectivity index (χ4n) is 6.08. The maximum atomic E-state index is 12.8. The van der Waals surface area contributed by atoms with Gasteiger partial charge in [-0.25, -0.2) is 14.0 Å². The number of rotatable bonds is 14. The molecule has 2 unspecified atom stereocenters. The Hall–Kier alpha value is -4.07. The van der Waals surface area contributed by atoms with Gasteiger partial charge in [-0.1, -0.05) is 36.2 Å². The molecular weight excluding hydrogens is 667 g/mol. The highest BCUT2D eigenvalue weighted by Crippen LogP contribution is 2.39. The van der Waals surface area contributed by atoms with Crippen molar-refractivity contribution >= 4 is 40.9 Å². The molecule has 0 spiro atoms. The molecule has 3 heterocycles. The number of piperazine rings is 1. The fourth-order valence-corrected chi connectivity index (χ4v) is 6.64. The predicted molar refractivity (Wildman–Crippen MR) is 193 cm³/mol. The zero-order chi connectivity index (χ0) is 34.4. The topological polar surface area (TPSA) is 122 Å². The Morgan fingerprint density at radius 2 is 1.67 bits per heavy atom. The molecule has 0 saturated carbocycles. The number of aromatic nitrogens is 3. The summed E-state index contributed by atoms with van der Waals surface area (Å²) in [6.07, 6.45) is 3.24. The molecule has 0 bridgehead atoms. The lowest BCUT2D eigenvalue weighted by Gasteiger charge is -2.37. The summed E-state index contributed by atoms with van der Waals surface area (Å²) in [6, 6.07) is 21.5. The molecule has 0 radical (unpaired) electrons. The molecule has 0 aliphatic carbocycles. The Kier molecular flexibility index (Phi) is 11.1. The number of ether oxygens (including phenoxy) is 3. The Morgan fingerprint density at radius 3 is 2.31 bits per heavy atom. The van der Waals surface area contributed by atoms with E-state index in [1.165, 1.54) is 4.68 Å². The van der Waals surface area contributed by atoms with Crippen molar-refractivity contribution in [2.75, 3.05) is 62.4 Å². The summed E-state index contributed by atoms with van der Waals surface area (Å²) in [4.78, 5) is 17.5. The zero-order valence-electron chi connectivity index (χ0n) is 27.6. The van der Waals surface area contributed by atoms with Crippen LogP contribution >= 0.6 is 23.2 Å². The van der Waals surface area contributed by atoms with E-state index in [4.69, 9.17) is 42.8 Å². The van der Waals surface area contributed by atoms with Crippen LogP contribution in [-0.2, 0) is 15.3 Å². The van der Waals surface area contributed by atoms with Crippen LogP contribution in [0.1, 0.15) is 31.9 Å². The first kappa shape index (κ1) is 34.8. The third-order valence-corrected chi connectivity index (χ3v) is 9.55. The highest BCUT2D eigenvalue weighted by molar-refractivity contribution is 6.35. The molecule has 3 aromatic carbocycles. The number of benzene rings is 3. The summed E-state index contributed by atoms with van der Waals surface area (Å²) in [7, 11) is 0. The average molecular weight is 710 g/mol. The number of halogens is 2.